The smallest absolute Gasteiger partial charge is 0.203 e. The van der Waals surface area contributed by atoms with E-state index in [0.717, 1.165) is 28.0 Å². The number of benzene rings is 4. The van der Waals surface area contributed by atoms with Gasteiger partial charge in [0.05, 0.1) is 38.0 Å². The summed E-state index contributed by atoms with van der Waals surface area (Å²) in [5.41, 5.74) is 5.27. The third-order valence-corrected chi connectivity index (χ3v) is 7.54. The van der Waals surface area contributed by atoms with Gasteiger partial charge in [0.15, 0.2) is 11.5 Å². The first-order chi connectivity index (χ1) is 23.4. The molecule has 4 aromatic carbocycles. The van der Waals surface area contributed by atoms with E-state index < -0.39 is 0 Å². The van der Waals surface area contributed by atoms with Crippen LogP contribution in [0.2, 0.25) is 0 Å². The molecular formula is C38H34N6O4. The van der Waals surface area contributed by atoms with E-state index in [1.165, 1.54) is 0 Å². The summed E-state index contributed by atoms with van der Waals surface area (Å²) in [4.78, 5) is 8.08. The number of imidazole rings is 2. The highest BCUT2D eigenvalue weighted by molar-refractivity contribution is 5.55. The molecule has 0 saturated heterocycles. The Kier molecular flexibility index (Phi) is 10.7. The van der Waals surface area contributed by atoms with Crippen LogP contribution in [0.1, 0.15) is 33.4 Å². The highest BCUT2D eigenvalue weighted by atomic mass is 16.5. The lowest BCUT2D eigenvalue weighted by atomic mass is 10.1. The third kappa shape index (κ3) is 8.00. The SMILES string of the molecule is COc1cccc(Oc2cc(Cn3ccnc3)ccc2C#N)c1OC.Cc1cccc(Oc2cc(Cn3ccnc3)ccc2C#N)c1C. The monoisotopic (exact) mass is 638 g/mol. The number of hydrogen-bond acceptors (Lipinski definition) is 8. The average Bonchev–Trinajstić information content (AvgIpc) is 3.82. The largest absolute Gasteiger partial charge is 0.493 e. The molecule has 0 bridgehead atoms. The Morgan fingerprint density at radius 2 is 1.15 bits per heavy atom. The molecule has 240 valence electrons. The third-order valence-electron chi connectivity index (χ3n) is 7.54. The summed E-state index contributed by atoms with van der Waals surface area (Å²) in [7, 11) is 3.11. The molecule has 0 aliphatic carbocycles. The second kappa shape index (κ2) is 15.7. The standard InChI is InChI=1S/C19H17N3O3.C19H17N3O/c1-23-16-4-3-5-17(19(16)24-2)25-18-10-14(6-7-15(18)11-20)12-22-9-8-21-13-22;1-14-4-3-5-18(15(14)2)23-19-10-16(6-7-17(19)11-20)12-22-9-8-21-13-22/h3-10,13H,12H2,1-2H3;3-10,13H,12H2,1-2H3. The van der Waals surface area contributed by atoms with Gasteiger partial charge in [-0.3, -0.25) is 0 Å². The van der Waals surface area contributed by atoms with Gasteiger partial charge in [0.25, 0.3) is 0 Å². The zero-order chi connectivity index (χ0) is 33.9. The summed E-state index contributed by atoms with van der Waals surface area (Å²) in [6.45, 7) is 5.39. The van der Waals surface area contributed by atoms with Crippen molar-refractivity contribution >= 4 is 0 Å². The molecule has 0 fully saturated rings. The summed E-state index contributed by atoms with van der Waals surface area (Å²) in [5, 5.41) is 18.7. The minimum Gasteiger partial charge on any atom is -0.493 e. The molecule has 6 aromatic rings. The van der Waals surface area contributed by atoms with Crippen LogP contribution in [0.5, 0.6) is 34.5 Å². The Morgan fingerprint density at radius 3 is 1.65 bits per heavy atom. The minimum atomic E-state index is 0.444. The molecule has 48 heavy (non-hydrogen) atoms. The summed E-state index contributed by atoms with van der Waals surface area (Å²) in [6, 6.07) is 26.8. The van der Waals surface area contributed by atoms with Crippen LogP contribution in [0.25, 0.3) is 0 Å². The van der Waals surface area contributed by atoms with Crippen LogP contribution in [0.3, 0.4) is 0 Å². The number of nitriles is 2. The number of para-hydroxylation sites is 1. The van der Waals surface area contributed by atoms with E-state index in [1.54, 1.807) is 69.6 Å². The van der Waals surface area contributed by atoms with Gasteiger partial charge >= 0.3 is 0 Å². The first kappa shape index (κ1) is 32.9. The molecule has 0 amide bonds. The van der Waals surface area contributed by atoms with E-state index in [2.05, 4.69) is 22.1 Å². The van der Waals surface area contributed by atoms with Gasteiger partial charge in [-0.25, -0.2) is 9.97 Å². The van der Waals surface area contributed by atoms with Gasteiger partial charge in [-0.2, -0.15) is 10.5 Å². The van der Waals surface area contributed by atoms with Crippen LogP contribution in [0, 0.1) is 36.5 Å². The molecule has 2 aromatic heterocycles. The van der Waals surface area contributed by atoms with Gasteiger partial charge in [0.2, 0.25) is 5.75 Å². The van der Waals surface area contributed by atoms with Gasteiger partial charge in [-0.05, 0) is 78.6 Å². The molecule has 0 unspecified atom stereocenters. The van der Waals surface area contributed by atoms with Crippen LogP contribution < -0.4 is 18.9 Å². The molecule has 10 heteroatoms. The highest BCUT2D eigenvalue weighted by Crippen LogP contribution is 2.40. The zero-order valence-electron chi connectivity index (χ0n) is 27.1. The van der Waals surface area contributed by atoms with Gasteiger partial charge in [0, 0.05) is 37.9 Å². The molecule has 0 spiro atoms. The van der Waals surface area contributed by atoms with Crippen LogP contribution in [0.4, 0.5) is 0 Å². The average molecular weight is 639 g/mol. The Morgan fingerprint density at radius 1 is 0.625 bits per heavy atom. The lowest BCUT2D eigenvalue weighted by molar-refractivity contribution is 0.336. The fourth-order valence-corrected chi connectivity index (χ4v) is 4.88. The summed E-state index contributed by atoms with van der Waals surface area (Å²) >= 11 is 0. The number of aromatic nitrogens is 4. The van der Waals surface area contributed by atoms with Gasteiger partial charge in [-0.1, -0.05) is 30.3 Å². The second-order valence-corrected chi connectivity index (χ2v) is 10.7. The maximum atomic E-state index is 9.37. The minimum absolute atomic E-state index is 0.444. The van der Waals surface area contributed by atoms with E-state index in [0.29, 0.717) is 53.0 Å². The Labute approximate surface area is 279 Å². The summed E-state index contributed by atoms with van der Waals surface area (Å²) < 4.78 is 26.6. The van der Waals surface area contributed by atoms with Crippen molar-refractivity contribution in [1.29, 1.82) is 10.5 Å². The number of hydrogen-bond donors (Lipinski definition) is 0. The number of ether oxygens (including phenoxy) is 4. The first-order valence-electron chi connectivity index (χ1n) is 15.0. The van der Waals surface area contributed by atoms with E-state index in [-0.39, 0.29) is 0 Å². The molecule has 0 saturated carbocycles. The van der Waals surface area contributed by atoms with Crippen LogP contribution in [0.15, 0.2) is 110 Å². The zero-order valence-corrected chi connectivity index (χ0v) is 27.1. The molecule has 0 N–H and O–H groups in total. The lowest BCUT2D eigenvalue weighted by Crippen LogP contribution is -1.99. The predicted molar refractivity (Wildman–Crippen MR) is 181 cm³/mol. The highest BCUT2D eigenvalue weighted by Gasteiger charge is 2.14. The fraction of sp³-hybridized carbons (Fsp3) is 0.158. The van der Waals surface area contributed by atoms with E-state index in [9.17, 15) is 10.5 Å². The van der Waals surface area contributed by atoms with Gasteiger partial charge < -0.3 is 28.1 Å². The number of rotatable bonds is 10. The second-order valence-electron chi connectivity index (χ2n) is 10.7. The molecule has 2 heterocycles. The molecule has 0 aliphatic heterocycles. The van der Waals surface area contributed by atoms with Crippen LogP contribution in [-0.4, -0.2) is 33.3 Å². The van der Waals surface area contributed by atoms with E-state index in [4.69, 9.17) is 18.9 Å². The predicted octanol–water partition coefficient (Wildman–Crippen LogP) is 7.82. The Balaban J connectivity index is 0.000000188. The molecule has 0 aliphatic rings. The Hall–Kier alpha value is -6.52. The Bertz CT molecular complexity index is 2060. The lowest BCUT2D eigenvalue weighted by Gasteiger charge is -2.14. The molecule has 0 radical (unpaired) electrons. The maximum absolute atomic E-state index is 9.37. The van der Waals surface area contributed by atoms with Gasteiger partial charge in [0.1, 0.15) is 29.4 Å². The topological polar surface area (TPSA) is 120 Å². The van der Waals surface area contributed by atoms with Crippen molar-refractivity contribution in [3.63, 3.8) is 0 Å². The summed E-state index contributed by atoms with van der Waals surface area (Å²) in [5.74, 6) is 3.35. The molecule has 6 rings (SSSR count). The van der Waals surface area contributed by atoms with Crippen molar-refractivity contribution in [2.75, 3.05) is 14.2 Å². The van der Waals surface area contributed by atoms with E-state index in [1.807, 2.05) is 77.8 Å². The maximum Gasteiger partial charge on any atom is 0.203 e. The number of aryl methyl sites for hydroxylation is 1. The number of nitrogens with zero attached hydrogens (tertiary/aromatic N) is 6. The van der Waals surface area contributed by atoms with Crippen LogP contribution in [-0.2, 0) is 13.1 Å². The first-order valence-corrected chi connectivity index (χ1v) is 15.0. The van der Waals surface area contributed by atoms with Crippen molar-refractivity contribution in [2.24, 2.45) is 0 Å². The quantitative estimate of drug-likeness (QED) is 0.149. The van der Waals surface area contributed by atoms with Crippen LogP contribution >= 0.6 is 0 Å². The van der Waals surface area contributed by atoms with Crippen molar-refractivity contribution < 1.29 is 18.9 Å². The summed E-state index contributed by atoms with van der Waals surface area (Å²) in [6.07, 6.45) is 10.8. The van der Waals surface area contributed by atoms with Gasteiger partial charge in [-0.15, -0.1) is 0 Å². The normalized spacial score (nSPS) is 10.2. The fourth-order valence-electron chi connectivity index (χ4n) is 4.88. The molecule has 10 nitrogen and oxygen atoms in total. The molecular weight excluding hydrogens is 604 g/mol. The van der Waals surface area contributed by atoms with Crippen molar-refractivity contribution in [3.8, 4) is 46.6 Å². The molecule has 0 atom stereocenters. The van der Waals surface area contributed by atoms with Crippen molar-refractivity contribution in [1.82, 2.24) is 19.1 Å². The van der Waals surface area contributed by atoms with Crippen molar-refractivity contribution in [3.05, 3.63) is 144 Å². The number of methoxy groups -OCH3 is 2. The van der Waals surface area contributed by atoms with E-state index >= 15 is 0 Å². The van der Waals surface area contributed by atoms with Crippen molar-refractivity contribution in [2.45, 2.75) is 26.9 Å².